The molecule has 1 N–H and O–H groups in total. The number of methoxy groups -OCH3 is 2. The van der Waals surface area contributed by atoms with Crippen molar-refractivity contribution in [2.75, 3.05) is 37.9 Å². The van der Waals surface area contributed by atoms with Gasteiger partial charge in [0.25, 0.3) is 0 Å². The van der Waals surface area contributed by atoms with Gasteiger partial charge in [-0.2, -0.15) is 0 Å². The molecular formula is C22H30N2O5S. The molecule has 0 aliphatic rings. The Morgan fingerprint density at radius 2 is 1.77 bits per heavy atom. The van der Waals surface area contributed by atoms with Crippen LogP contribution in [0.1, 0.15) is 23.1 Å². The number of carbonyl (C=O) groups excluding carboxylic acids is 1. The van der Waals surface area contributed by atoms with Gasteiger partial charge >= 0.3 is 0 Å². The van der Waals surface area contributed by atoms with Crippen molar-refractivity contribution in [1.82, 2.24) is 5.32 Å². The molecule has 164 valence electrons. The number of aryl methyl sites for hydroxylation is 2. The zero-order chi connectivity index (χ0) is 22.3. The number of rotatable bonds is 10. The first-order chi connectivity index (χ1) is 14.2. The monoisotopic (exact) mass is 434 g/mol. The summed E-state index contributed by atoms with van der Waals surface area (Å²) in [6.45, 7) is 3.95. The normalized spacial score (nSPS) is 11.1. The van der Waals surface area contributed by atoms with E-state index in [0.717, 1.165) is 33.7 Å². The first-order valence-electron chi connectivity index (χ1n) is 9.69. The minimum atomic E-state index is -3.59. The third-order valence-electron chi connectivity index (χ3n) is 4.94. The number of carbonyl (C=O) groups is 1. The molecule has 0 aromatic heterocycles. The highest BCUT2D eigenvalue weighted by Crippen LogP contribution is 2.28. The maximum atomic E-state index is 12.4. The summed E-state index contributed by atoms with van der Waals surface area (Å²) in [4.78, 5) is 12.4. The number of amides is 1. The Morgan fingerprint density at radius 3 is 2.40 bits per heavy atom. The molecule has 1 amide bonds. The van der Waals surface area contributed by atoms with Crippen LogP contribution in [0, 0.1) is 13.8 Å². The summed E-state index contributed by atoms with van der Waals surface area (Å²) in [6, 6.07) is 11.1. The van der Waals surface area contributed by atoms with E-state index < -0.39 is 10.0 Å². The highest BCUT2D eigenvalue weighted by atomic mass is 32.2. The smallest absolute Gasteiger partial charge is 0.240 e. The molecule has 0 atom stereocenters. The summed E-state index contributed by atoms with van der Waals surface area (Å²) in [5.41, 5.74) is 3.40. The van der Waals surface area contributed by atoms with E-state index in [0.29, 0.717) is 30.2 Å². The molecule has 0 saturated carbocycles. The zero-order valence-corrected chi connectivity index (χ0v) is 19.0. The van der Waals surface area contributed by atoms with E-state index in [1.165, 1.54) is 0 Å². The van der Waals surface area contributed by atoms with Gasteiger partial charge in [-0.1, -0.05) is 18.2 Å². The summed E-state index contributed by atoms with van der Waals surface area (Å²) < 4.78 is 36.2. The third kappa shape index (κ3) is 6.13. The van der Waals surface area contributed by atoms with Crippen molar-refractivity contribution in [2.24, 2.45) is 0 Å². The van der Waals surface area contributed by atoms with Crippen molar-refractivity contribution in [3.63, 3.8) is 0 Å². The van der Waals surface area contributed by atoms with Crippen molar-refractivity contribution in [1.29, 1.82) is 0 Å². The Morgan fingerprint density at radius 1 is 1.07 bits per heavy atom. The van der Waals surface area contributed by atoms with Crippen LogP contribution in [-0.4, -0.2) is 47.9 Å². The molecule has 2 aromatic rings. The maximum absolute atomic E-state index is 12.4. The quantitative estimate of drug-likeness (QED) is 0.581. The summed E-state index contributed by atoms with van der Waals surface area (Å²) >= 11 is 0. The number of benzene rings is 2. The van der Waals surface area contributed by atoms with E-state index in [9.17, 15) is 13.2 Å². The minimum Gasteiger partial charge on any atom is -0.493 e. The van der Waals surface area contributed by atoms with Crippen molar-refractivity contribution in [2.45, 2.75) is 26.7 Å². The molecule has 0 saturated heterocycles. The fraction of sp³-hybridized carbons (Fsp3) is 0.409. The molecule has 0 heterocycles. The predicted octanol–water partition coefficient (Wildman–Crippen LogP) is 2.84. The van der Waals surface area contributed by atoms with Crippen molar-refractivity contribution in [3.8, 4) is 11.5 Å². The molecule has 7 nitrogen and oxygen atoms in total. The molecule has 0 unspecified atom stereocenters. The van der Waals surface area contributed by atoms with E-state index >= 15 is 0 Å². The Labute approximate surface area is 179 Å². The fourth-order valence-corrected chi connectivity index (χ4v) is 4.04. The molecule has 30 heavy (non-hydrogen) atoms. The summed E-state index contributed by atoms with van der Waals surface area (Å²) in [7, 11) is -0.416. The van der Waals surface area contributed by atoms with E-state index in [2.05, 4.69) is 5.32 Å². The van der Waals surface area contributed by atoms with Crippen LogP contribution < -0.4 is 19.1 Å². The lowest BCUT2D eigenvalue weighted by molar-refractivity contribution is -0.119. The van der Waals surface area contributed by atoms with Gasteiger partial charge in [-0.3, -0.25) is 9.10 Å². The van der Waals surface area contributed by atoms with Crippen LogP contribution in [0.3, 0.4) is 0 Å². The Hall–Kier alpha value is -2.74. The number of sulfonamides is 1. The molecular weight excluding hydrogens is 404 g/mol. The van der Waals surface area contributed by atoms with Gasteiger partial charge in [0.2, 0.25) is 15.9 Å². The number of anilines is 1. The van der Waals surface area contributed by atoms with Gasteiger partial charge in [0, 0.05) is 6.54 Å². The number of hydrogen-bond acceptors (Lipinski definition) is 5. The van der Waals surface area contributed by atoms with Gasteiger partial charge in [0.15, 0.2) is 11.5 Å². The lowest BCUT2D eigenvalue weighted by atomic mass is 10.1. The number of nitrogens with zero attached hydrogens (tertiary/aromatic N) is 1. The second-order valence-corrected chi connectivity index (χ2v) is 9.04. The van der Waals surface area contributed by atoms with Crippen LogP contribution in [0.4, 0.5) is 5.69 Å². The summed E-state index contributed by atoms with van der Waals surface area (Å²) in [6.07, 6.45) is 2.57. The third-order valence-corrected chi connectivity index (χ3v) is 6.07. The van der Waals surface area contributed by atoms with Crippen LogP contribution in [-0.2, 0) is 21.2 Å². The molecule has 0 aliphatic carbocycles. The lowest BCUT2D eigenvalue weighted by Gasteiger charge is -2.24. The fourth-order valence-electron chi connectivity index (χ4n) is 3.13. The topological polar surface area (TPSA) is 84.9 Å². The van der Waals surface area contributed by atoms with E-state index in [1.54, 1.807) is 26.4 Å². The molecule has 0 spiro atoms. The summed E-state index contributed by atoms with van der Waals surface area (Å²) in [5, 5.41) is 2.81. The molecule has 0 aliphatic heterocycles. The standard InChI is InChI=1S/C22H30N2O5S/c1-16-8-6-10-19(17(16)2)24(30(5,26)27)15-22(25)23-13-7-9-18-11-12-20(28-3)21(14-18)29-4/h6,8,10-12,14H,7,9,13,15H2,1-5H3,(H,23,25). The molecule has 0 bridgehead atoms. The second kappa shape index (κ2) is 10.3. The summed E-state index contributed by atoms with van der Waals surface area (Å²) in [5.74, 6) is 0.992. The Bertz CT molecular complexity index is 989. The second-order valence-electron chi connectivity index (χ2n) is 7.13. The predicted molar refractivity (Wildman–Crippen MR) is 119 cm³/mol. The van der Waals surface area contributed by atoms with Gasteiger partial charge < -0.3 is 14.8 Å². The van der Waals surface area contributed by atoms with Gasteiger partial charge in [0.1, 0.15) is 6.54 Å². The van der Waals surface area contributed by atoms with Gasteiger partial charge in [-0.25, -0.2) is 8.42 Å². The van der Waals surface area contributed by atoms with E-state index in [4.69, 9.17) is 9.47 Å². The van der Waals surface area contributed by atoms with Gasteiger partial charge in [-0.05, 0) is 61.6 Å². The lowest BCUT2D eigenvalue weighted by Crippen LogP contribution is -2.41. The van der Waals surface area contributed by atoms with Gasteiger partial charge in [0.05, 0.1) is 26.2 Å². The molecule has 0 fully saturated rings. The molecule has 2 rings (SSSR count). The number of nitrogens with one attached hydrogen (secondary N) is 1. The van der Waals surface area contributed by atoms with E-state index in [1.807, 2.05) is 38.1 Å². The highest BCUT2D eigenvalue weighted by Gasteiger charge is 2.22. The Balaban J connectivity index is 1.95. The Kier molecular flexibility index (Phi) is 8.11. The minimum absolute atomic E-state index is 0.251. The van der Waals surface area contributed by atoms with Crippen LogP contribution in [0.2, 0.25) is 0 Å². The van der Waals surface area contributed by atoms with Crippen LogP contribution in [0.15, 0.2) is 36.4 Å². The van der Waals surface area contributed by atoms with Crippen LogP contribution >= 0.6 is 0 Å². The first kappa shape index (κ1) is 23.5. The molecule has 8 heteroatoms. The SMILES string of the molecule is COc1ccc(CCCNC(=O)CN(c2cccc(C)c2C)S(C)(=O)=O)cc1OC. The zero-order valence-electron chi connectivity index (χ0n) is 18.2. The average Bonchev–Trinajstić information content (AvgIpc) is 2.70. The maximum Gasteiger partial charge on any atom is 0.240 e. The van der Waals surface area contributed by atoms with Crippen molar-refractivity contribution in [3.05, 3.63) is 53.1 Å². The largest absolute Gasteiger partial charge is 0.493 e. The van der Waals surface area contributed by atoms with E-state index in [-0.39, 0.29) is 12.5 Å². The van der Waals surface area contributed by atoms with Crippen molar-refractivity contribution < 1.29 is 22.7 Å². The average molecular weight is 435 g/mol. The van der Waals surface area contributed by atoms with Crippen LogP contribution in [0.25, 0.3) is 0 Å². The first-order valence-corrected chi connectivity index (χ1v) is 11.5. The van der Waals surface area contributed by atoms with Crippen LogP contribution in [0.5, 0.6) is 11.5 Å². The molecule has 0 radical (unpaired) electrons. The van der Waals surface area contributed by atoms with Crippen molar-refractivity contribution >= 4 is 21.6 Å². The van der Waals surface area contributed by atoms with Gasteiger partial charge in [-0.15, -0.1) is 0 Å². The highest BCUT2D eigenvalue weighted by molar-refractivity contribution is 7.92. The number of ether oxygens (including phenoxy) is 2. The molecule has 2 aromatic carbocycles. The number of hydrogen-bond donors (Lipinski definition) is 1.